The Morgan fingerprint density at radius 2 is 1.94 bits per heavy atom. The summed E-state index contributed by atoms with van der Waals surface area (Å²) in [5.41, 5.74) is 6.28. The Hall–Kier alpha value is -2.07. The molecule has 0 saturated heterocycles. The van der Waals surface area contributed by atoms with Crippen molar-refractivity contribution in [2.75, 3.05) is 11.1 Å². The van der Waals surface area contributed by atoms with Gasteiger partial charge in [0.1, 0.15) is 5.82 Å². The predicted octanol–water partition coefficient (Wildman–Crippen LogP) is 3.31. The van der Waals surface area contributed by atoms with Crippen LogP contribution in [0.15, 0.2) is 42.5 Å². The molecule has 0 radical (unpaired) electrons. The molecule has 0 bridgehead atoms. The van der Waals surface area contributed by atoms with Crippen molar-refractivity contribution in [2.24, 2.45) is 0 Å². The lowest BCUT2D eigenvalue weighted by Gasteiger charge is -2.07. The van der Waals surface area contributed by atoms with Gasteiger partial charge in [0.05, 0.1) is 10.7 Å². The highest BCUT2D eigenvalue weighted by molar-refractivity contribution is 6.33. The van der Waals surface area contributed by atoms with E-state index in [-0.39, 0.29) is 11.3 Å². The molecule has 0 heterocycles. The first kappa shape index (κ1) is 12.4. The van der Waals surface area contributed by atoms with Crippen molar-refractivity contribution in [3.63, 3.8) is 0 Å². The number of nitrogens with two attached hydrogens (primary N) is 1. The fourth-order valence-corrected chi connectivity index (χ4v) is 1.68. The van der Waals surface area contributed by atoms with Gasteiger partial charge >= 0.3 is 0 Å². The van der Waals surface area contributed by atoms with E-state index >= 15 is 0 Å². The molecular weight excluding hydrogens is 255 g/mol. The molecule has 0 unspecified atom stereocenters. The second-order valence-electron chi connectivity index (χ2n) is 3.71. The normalized spacial score (nSPS) is 10.1. The van der Waals surface area contributed by atoms with Gasteiger partial charge in [0, 0.05) is 11.3 Å². The number of nitrogen functional groups attached to an aromatic ring is 1. The zero-order chi connectivity index (χ0) is 13.1. The summed E-state index contributed by atoms with van der Waals surface area (Å²) >= 11 is 5.90. The monoisotopic (exact) mass is 264 g/mol. The number of para-hydroxylation sites is 1. The summed E-state index contributed by atoms with van der Waals surface area (Å²) in [6, 6.07) is 10.4. The van der Waals surface area contributed by atoms with E-state index in [1.165, 1.54) is 6.07 Å². The van der Waals surface area contributed by atoms with E-state index in [0.717, 1.165) is 12.1 Å². The van der Waals surface area contributed by atoms with Crippen molar-refractivity contribution in [2.45, 2.75) is 0 Å². The van der Waals surface area contributed by atoms with Crippen LogP contribution in [0.3, 0.4) is 0 Å². The third-order valence-corrected chi connectivity index (χ3v) is 2.63. The summed E-state index contributed by atoms with van der Waals surface area (Å²) in [4.78, 5) is 11.9. The maximum Gasteiger partial charge on any atom is 0.255 e. The van der Waals surface area contributed by atoms with Crippen molar-refractivity contribution in [3.05, 3.63) is 58.9 Å². The number of nitrogens with one attached hydrogen (secondary N) is 1. The molecule has 0 aliphatic carbocycles. The molecule has 0 aromatic heterocycles. The van der Waals surface area contributed by atoms with E-state index in [2.05, 4.69) is 5.32 Å². The lowest BCUT2D eigenvalue weighted by molar-refractivity contribution is 0.102. The van der Waals surface area contributed by atoms with Gasteiger partial charge in [-0.15, -0.1) is 0 Å². The number of hydrogen-bond acceptors (Lipinski definition) is 2. The molecule has 1 amide bonds. The quantitative estimate of drug-likeness (QED) is 0.818. The predicted molar refractivity (Wildman–Crippen MR) is 70.2 cm³/mol. The highest BCUT2D eigenvalue weighted by Gasteiger charge is 2.10. The van der Waals surface area contributed by atoms with Crippen LogP contribution < -0.4 is 11.1 Å². The number of hydrogen-bond donors (Lipinski definition) is 2. The molecule has 0 fully saturated rings. The molecule has 0 spiro atoms. The van der Waals surface area contributed by atoms with Gasteiger partial charge in [0.15, 0.2) is 0 Å². The molecule has 2 rings (SSSR count). The number of amides is 1. The van der Waals surface area contributed by atoms with Gasteiger partial charge in [-0.05, 0) is 30.3 Å². The van der Waals surface area contributed by atoms with Crippen molar-refractivity contribution < 1.29 is 9.18 Å². The van der Waals surface area contributed by atoms with Gasteiger partial charge in [0.25, 0.3) is 5.91 Å². The lowest BCUT2D eigenvalue weighted by Crippen LogP contribution is -2.12. The Bertz CT molecular complexity index is 581. The number of halogens is 2. The van der Waals surface area contributed by atoms with Crippen LogP contribution in [-0.2, 0) is 0 Å². The van der Waals surface area contributed by atoms with Crippen LogP contribution in [0.2, 0.25) is 5.02 Å². The zero-order valence-corrected chi connectivity index (χ0v) is 10.0. The summed E-state index contributed by atoms with van der Waals surface area (Å²) in [6.45, 7) is 0. The molecule has 18 heavy (non-hydrogen) atoms. The van der Waals surface area contributed by atoms with E-state index in [4.69, 9.17) is 17.3 Å². The van der Waals surface area contributed by atoms with Crippen molar-refractivity contribution in [3.8, 4) is 0 Å². The minimum absolute atomic E-state index is 0.146. The van der Waals surface area contributed by atoms with Gasteiger partial charge in [-0.2, -0.15) is 0 Å². The topological polar surface area (TPSA) is 55.1 Å². The fraction of sp³-hybridized carbons (Fsp3) is 0. The van der Waals surface area contributed by atoms with E-state index in [9.17, 15) is 9.18 Å². The molecule has 5 heteroatoms. The Labute approximate surface area is 108 Å². The highest BCUT2D eigenvalue weighted by Crippen LogP contribution is 2.21. The fourth-order valence-electron chi connectivity index (χ4n) is 1.50. The van der Waals surface area contributed by atoms with Crippen LogP contribution in [0.1, 0.15) is 10.4 Å². The molecule has 0 saturated carbocycles. The number of carbonyl (C=O) groups excluding carboxylic acids is 1. The second kappa shape index (κ2) is 5.06. The second-order valence-corrected chi connectivity index (χ2v) is 4.11. The molecule has 0 aliphatic rings. The Morgan fingerprint density at radius 1 is 1.22 bits per heavy atom. The average Bonchev–Trinajstić information content (AvgIpc) is 2.31. The molecule has 92 valence electrons. The number of carbonyl (C=O) groups is 1. The minimum Gasteiger partial charge on any atom is -0.399 e. The Kier molecular flexibility index (Phi) is 3.48. The van der Waals surface area contributed by atoms with E-state index < -0.39 is 11.7 Å². The lowest BCUT2D eigenvalue weighted by atomic mass is 10.2. The van der Waals surface area contributed by atoms with Crippen LogP contribution in [0.25, 0.3) is 0 Å². The van der Waals surface area contributed by atoms with Crippen LogP contribution in [0.4, 0.5) is 15.8 Å². The number of benzene rings is 2. The SMILES string of the molecule is Nc1cc(F)cc(C(=O)Nc2ccccc2Cl)c1. The maximum atomic E-state index is 13.1. The van der Waals surface area contributed by atoms with Gasteiger partial charge in [0.2, 0.25) is 0 Å². The summed E-state index contributed by atoms with van der Waals surface area (Å²) in [5, 5.41) is 3.00. The van der Waals surface area contributed by atoms with Crippen LogP contribution in [-0.4, -0.2) is 5.91 Å². The van der Waals surface area contributed by atoms with Gasteiger partial charge in [-0.1, -0.05) is 23.7 Å². The van der Waals surface area contributed by atoms with Crippen molar-refractivity contribution in [1.82, 2.24) is 0 Å². The smallest absolute Gasteiger partial charge is 0.255 e. The first-order chi connectivity index (χ1) is 8.56. The summed E-state index contributed by atoms with van der Waals surface area (Å²) in [7, 11) is 0. The Balaban J connectivity index is 2.25. The third kappa shape index (κ3) is 2.78. The first-order valence-corrected chi connectivity index (χ1v) is 5.56. The highest BCUT2D eigenvalue weighted by atomic mass is 35.5. The van der Waals surface area contributed by atoms with E-state index in [1.54, 1.807) is 24.3 Å². The number of anilines is 2. The van der Waals surface area contributed by atoms with Crippen LogP contribution >= 0.6 is 11.6 Å². The summed E-state index contributed by atoms with van der Waals surface area (Å²) < 4.78 is 13.1. The van der Waals surface area contributed by atoms with Gasteiger partial charge in [-0.25, -0.2) is 4.39 Å². The van der Waals surface area contributed by atoms with E-state index in [0.29, 0.717) is 10.7 Å². The van der Waals surface area contributed by atoms with Crippen molar-refractivity contribution >= 4 is 28.9 Å². The van der Waals surface area contributed by atoms with Gasteiger partial charge < -0.3 is 11.1 Å². The molecule has 2 aromatic carbocycles. The largest absolute Gasteiger partial charge is 0.399 e. The zero-order valence-electron chi connectivity index (χ0n) is 9.28. The maximum absolute atomic E-state index is 13.1. The van der Waals surface area contributed by atoms with Crippen LogP contribution in [0, 0.1) is 5.82 Å². The molecule has 2 aromatic rings. The van der Waals surface area contributed by atoms with Crippen LogP contribution in [0.5, 0.6) is 0 Å². The average molecular weight is 265 g/mol. The summed E-state index contributed by atoms with van der Waals surface area (Å²) in [6.07, 6.45) is 0. The first-order valence-electron chi connectivity index (χ1n) is 5.18. The molecule has 3 N–H and O–H groups in total. The minimum atomic E-state index is -0.556. The standard InChI is InChI=1S/C13H10ClFN2O/c14-11-3-1-2-4-12(11)17-13(18)8-5-9(15)7-10(16)6-8/h1-7H,16H2,(H,17,18). The molecule has 3 nitrogen and oxygen atoms in total. The van der Waals surface area contributed by atoms with Crippen molar-refractivity contribution in [1.29, 1.82) is 0 Å². The Morgan fingerprint density at radius 3 is 2.61 bits per heavy atom. The van der Waals surface area contributed by atoms with Gasteiger partial charge in [-0.3, -0.25) is 4.79 Å². The third-order valence-electron chi connectivity index (χ3n) is 2.30. The number of rotatable bonds is 2. The molecular formula is C13H10ClFN2O. The molecule has 0 atom stereocenters. The molecule has 0 aliphatic heterocycles. The summed E-state index contributed by atoms with van der Waals surface area (Å²) in [5.74, 6) is -1.02. The van der Waals surface area contributed by atoms with E-state index in [1.807, 2.05) is 0 Å².